The summed E-state index contributed by atoms with van der Waals surface area (Å²) in [5.74, 6) is 1.54. The standard InChI is InChI=1S/C28H41NO4/c1-20-16-22-18-24(32-19-21-10-6-5-7-11-21)23-12-8-14-29(26(31)33-27(2,3)4)15-9-13-28(22,23)25(30)17-20/h5-7,10-11,20,22-24H,8-9,12-19H2,1-4H3/t20-,22+,23+,24-,28+/m1/s1. The van der Waals surface area contributed by atoms with E-state index in [4.69, 9.17) is 9.47 Å². The fourth-order valence-corrected chi connectivity index (χ4v) is 6.73. The van der Waals surface area contributed by atoms with Crippen LogP contribution in [0.3, 0.4) is 0 Å². The van der Waals surface area contributed by atoms with Gasteiger partial charge < -0.3 is 14.4 Å². The van der Waals surface area contributed by atoms with Crippen molar-refractivity contribution >= 4 is 11.9 Å². The van der Waals surface area contributed by atoms with E-state index in [0.717, 1.165) is 38.5 Å². The van der Waals surface area contributed by atoms with Gasteiger partial charge >= 0.3 is 6.09 Å². The minimum atomic E-state index is -0.498. The first-order valence-corrected chi connectivity index (χ1v) is 12.9. The fourth-order valence-electron chi connectivity index (χ4n) is 6.73. The molecule has 4 rings (SSSR count). The summed E-state index contributed by atoms with van der Waals surface area (Å²) in [5, 5.41) is 0. The fraction of sp³-hybridized carbons (Fsp3) is 0.714. The first-order chi connectivity index (χ1) is 15.7. The lowest BCUT2D eigenvalue weighted by molar-refractivity contribution is -0.141. The van der Waals surface area contributed by atoms with Crippen LogP contribution >= 0.6 is 0 Å². The molecule has 182 valence electrons. The Labute approximate surface area is 199 Å². The molecule has 0 unspecified atom stereocenters. The van der Waals surface area contributed by atoms with Crippen molar-refractivity contribution in [3.05, 3.63) is 35.9 Å². The number of carbonyl (C=O) groups is 2. The van der Waals surface area contributed by atoms with E-state index >= 15 is 0 Å². The van der Waals surface area contributed by atoms with Gasteiger partial charge in [0.05, 0.1) is 12.7 Å². The lowest BCUT2D eigenvalue weighted by Crippen LogP contribution is -2.46. The average Bonchev–Trinajstić information content (AvgIpc) is 3.08. The molecule has 1 amide bonds. The number of nitrogens with zero attached hydrogens (tertiary/aromatic N) is 1. The highest BCUT2D eigenvalue weighted by molar-refractivity contribution is 5.87. The molecule has 33 heavy (non-hydrogen) atoms. The van der Waals surface area contributed by atoms with Gasteiger partial charge in [-0.15, -0.1) is 0 Å². The second kappa shape index (κ2) is 9.77. The molecule has 3 fully saturated rings. The van der Waals surface area contributed by atoms with Gasteiger partial charge in [0, 0.05) is 24.9 Å². The molecule has 2 aliphatic carbocycles. The van der Waals surface area contributed by atoms with Crippen molar-refractivity contribution < 1.29 is 19.1 Å². The monoisotopic (exact) mass is 455 g/mol. The van der Waals surface area contributed by atoms with Gasteiger partial charge in [0.25, 0.3) is 0 Å². The number of benzene rings is 1. The molecule has 1 aromatic carbocycles. The summed E-state index contributed by atoms with van der Waals surface area (Å²) in [5.41, 5.74) is 0.403. The number of carbonyl (C=O) groups excluding carboxylic acids is 2. The maximum absolute atomic E-state index is 13.7. The Morgan fingerprint density at radius 3 is 2.58 bits per heavy atom. The Morgan fingerprint density at radius 2 is 1.85 bits per heavy atom. The van der Waals surface area contributed by atoms with Gasteiger partial charge in [-0.05, 0) is 82.6 Å². The highest BCUT2D eigenvalue weighted by atomic mass is 16.6. The number of rotatable bonds is 3. The number of ketones is 1. The zero-order valence-electron chi connectivity index (χ0n) is 20.8. The lowest BCUT2D eigenvalue weighted by Gasteiger charge is -2.44. The van der Waals surface area contributed by atoms with Crippen LogP contribution in [-0.2, 0) is 20.9 Å². The minimum absolute atomic E-state index is 0.109. The molecule has 5 atom stereocenters. The summed E-state index contributed by atoms with van der Waals surface area (Å²) in [4.78, 5) is 28.3. The van der Waals surface area contributed by atoms with Crippen LogP contribution in [0.5, 0.6) is 0 Å². The Bertz CT molecular complexity index is 832. The van der Waals surface area contributed by atoms with Crippen LogP contribution < -0.4 is 0 Å². The highest BCUT2D eigenvalue weighted by Crippen LogP contribution is 2.59. The number of ether oxygens (including phenoxy) is 2. The van der Waals surface area contributed by atoms with Gasteiger partial charge in [0.2, 0.25) is 0 Å². The zero-order valence-corrected chi connectivity index (χ0v) is 20.8. The Morgan fingerprint density at radius 1 is 1.12 bits per heavy atom. The van der Waals surface area contributed by atoms with Crippen molar-refractivity contribution in [3.8, 4) is 0 Å². The van der Waals surface area contributed by atoms with Crippen LogP contribution in [0.4, 0.5) is 4.79 Å². The van der Waals surface area contributed by atoms with Crippen molar-refractivity contribution in [1.82, 2.24) is 4.90 Å². The summed E-state index contributed by atoms with van der Waals surface area (Å²) >= 11 is 0. The summed E-state index contributed by atoms with van der Waals surface area (Å²) in [6.07, 6.45) is 6.18. The third-order valence-electron chi connectivity index (χ3n) is 8.02. The van der Waals surface area contributed by atoms with Crippen LogP contribution in [0.25, 0.3) is 0 Å². The van der Waals surface area contributed by atoms with E-state index in [0.29, 0.717) is 43.7 Å². The molecule has 1 aromatic rings. The van der Waals surface area contributed by atoms with Gasteiger partial charge in [0.15, 0.2) is 0 Å². The van der Waals surface area contributed by atoms with Crippen molar-refractivity contribution in [2.45, 2.75) is 91.0 Å². The van der Waals surface area contributed by atoms with Crippen molar-refractivity contribution in [3.63, 3.8) is 0 Å². The van der Waals surface area contributed by atoms with Gasteiger partial charge in [-0.25, -0.2) is 4.79 Å². The van der Waals surface area contributed by atoms with Gasteiger partial charge in [0.1, 0.15) is 11.4 Å². The molecule has 0 radical (unpaired) electrons. The van der Waals surface area contributed by atoms with Crippen LogP contribution in [0.15, 0.2) is 30.3 Å². The van der Waals surface area contributed by atoms with E-state index in [-0.39, 0.29) is 23.5 Å². The Balaban J connectivity index is 1.53. The summed E-state index contributed by atoms with van der Waals surface area (Å²) in [6, 6.07) is 10.3. The molecule has 0 bridgehead atoms. The molecule has 0 aromatic heterocycles. The molecular formula is C28H41NO4. The highest BCUT2D eigenvalue weighted by Gasteiger charge is 2.60. The van der Waals surface area contributed by atoms with Gasteiger partial charge in [-0.3, -0.25) is 4.79 Å². The molecule has 5 nitrogen and oxygen atoms in total. The van der Waals surface area contributed by atoms with Gasteiger partial charge in [-0.1, -0.05) is 37.3 Å². The number of amides is 1. The third kappa shape index (κ3) is 5.29. The lowest BCUT2D eigenvalue weighted by atomic mass is 9.58. The molecule has 1 saturated heterocycles. The topological polar surface area (TPSA) is 55.8 Å². The molecule has 3 aliphatic rings. The SMILES string of the molecule is C[C@H]1CC(=O)[C@]23CCCN(C(=O)OC(C)(C)C)CCC[C@H]2[C@H](OCc2ccccc2)C[C@@H]3C1. The summed E-state index contributed by atoms with van der Waals surface area (Å²) < 4.78 is 12.2. The molecule has 5 heteroatoms. The minimum Gasteiger partial charge on any atom is -0.444 e. The molecular weight excluding hydrogens is 414 g/mol. The number of hydrogen-bond acceptors (Lipinski definition) is 4. The second-order valence-electron chi connectivity index (χ2n) is 11.6. The maximum Gasteiger partial charge on any atom is 0.410 e. The van der Waals surface area contributed by atoms with Crippen LogP contribution in [0.1, 0.15) is 78.2 Å². The van der Waals surface area contributed by atoms with E-state index in [1.807, 2.05) is 43.9 Å². The Kier molecular flexibility index (Phi) is 7.18. The molecule has 1 spiro atoms. The molecule has 1 heterocycles. The van der Waals surface area contributed by atoms with Crippen molar-refractivity contribution in [2.24, 2.45) is 23.2 Å². The molecule has 1 aliphatic heterocycles. The third-order valence-corrected chi connectivity index (χ3v) is 8.02. The van der Waals surface area contributed by atoms with E-state index in [2.05, 4.69) is 19.1 Å². The summed E-state index contributed by atoms with van der Waals surface area (Å²) in [7, 11) is 0. The van der Waals surface area contributed by atoms with E-state index in [1.54, 1.807) is 0 Å². The Hall–Kier alpha value is -1.88. The normalized spacial score (nSPS) is 32.8. The molecule has 2 saturated carbocycles. The smallest absolute Gasteiger partial charge is 0.410 e. The predicted octanol–water partition coefficient (Wildman–Crippen LogP) is 6.00. The molecule has 0 N–H and O–H groups in total. The van der Waals surface area contributed by atoms with Crippen molar-refractivity contribution in [1.29, 1.82) is 0 Å². The largest absolute Gasteiger partial charge is 0.444 e. The van der Waals surface area contributed by atoms with Crippen LogP contribution in [0.2, 0.25) is 0 Å². The average molecular weight is 456 g/mol. The number of Topliss-reactive ketones (excluding diaryl/α,β-unsaturated/α-hetero) is 1. The van der Waals surface area contributed by atoms with E-state index in [1.165, 1.54) is 5.56 Å². The maximum atomic E-state index is 13.7. The second-order valence-corrected chi connectivity index (χ2v) is 11.6. The van der Waals surface area contributed by atoms with Crippen molar-refractivity contribution in [2.75, 3.05) is 13.1 Å². The van der Waals surface area contributed by atoms with Crippen LogP contribution in [-0.4, -0.2) is 41.6 Å². The van der Waals surface area contributed by atoms with Crippen LogP contribution in [0, 0.1) is 23.2 Å². The van der Waals surface area contributed by atoms with E-state index < -0.39 is 5.60 Å². The zero-order chi connectivity index (χ0) is 23.6. The number of hydrogen-bond donors (Lipinski definition) is 0. The predicted molar refractivity (Wildman–Crippen MR) is 129 cm³/mol. The summed E-state index contributed by atoms with van der Waals surface area (Å²) in [6.45, 7) is 9.88. The van der Waals surface area contributed by atoms with E-state index in [9.17, 15) is 9.59 Å². The first kappa shape index (κ1) is 24.3. The first-order valence-electron chi connectivity index (χ1n) is 12.9. The van der Waals surface area contributed by atoms with Gasteiger partial charge in [-0.2, -0.15) is 0 Å². The quantitative estimate of drug-likeness (QED) is 0.560.